The lowest BCUT2D eigenvalue weighted by molar-refractivity contribution is -0.605. The van der Waals surface area contributed by atoms with Crippen molar-refractivity contribution >= 4 is 46.5 Å². The molecule has 2 bridgehead atoms. The summed E-state index contributed by atoms with van der Waals surface area (Å²) in [6, 6.07) is 16.6. The van der Waals surface area contributed by atoms with Gasteiger partial charge in [-0.15, -0.1) is 11.3 Å². The monoisotopic (exact) mass is 739 g/mol. The molecule has 0 spiro atoms. The number of carboxylic acids is 1. The largest absolute Gasteiger partial charge is 0.619 e. The third kappa shape index (κ3) is 8.19. The molecule has 4 aromatic rings. The highest BCUT2D eigenvalue weighted by molar-refractivity contribution is 7.14. The highest BCUT2D eigenvalue weighted by Crippen LogP contribution is 2.41. The second kappa shape index (κ2) is 16.0. The zero-order valence-corrected chi connectivity index (χ0v) is 30.1. The van der Waals surface area contributed by atoms with Crippen molar-refractivity contribution in [2.75, 3.05) is 33.9 Å². The summed E-state index contributed by atoms with van der Waals surface area (Å²) in [5.41, 5.74) is 2.73. The molecule has 2 aromatic heterocycles. The number of pyridine rings is 1. The number of esters is 1. The molecule has 3 aliphatic rings. The van der Waals surface area contributed by atoms with E-state index in [4.69, 9.17) is 37.4 Å². The van der Waals surface area contributed by atoms with Crippen LogP contribution in [0.25, 0.3) is 0 Å². The maximum atomic E-state index is 13.3. The van der Waals surface area contributed by atoms with Gasteiger partial charge in [0.15, 0.2) is 23.9 Å². The van der Waals surface area contributed by atoms with E-state index in [1.54, 1.807) is 12.1 Å². The SMILES string of the molecule is COc1ccc([C@H](Cc2c(Cl)c[n+]([O-])cc2Cl)c2cc(CNC(CC(=O)O[C@H]3CN4CCC3CC4)c3ccccc3)sc2C(=O)O)cc1OC. The number of ether oxygens (including phenoxy) is 3. The molecule has 3 fully saturated rings. The fraction of sp³-hybridized carbons (Fsp3) is 0.378. The van der Waals surface area contributed by atoms with Crippen LogP contribution in [0.5, 0.6) is 11.5 Å². The first-order chi connectivity index (χ1) is 24.1. The van der Waals surface area contributed by atoms with Gasteiger partial charge in [0, 0.05) is 35.5 Å². The van der Waals surface area contributed by atoms with Crippen molar-refractivity contribution in [3.05, 3.63) is 114 Å². The van der Waals surface area contributed by atoms with Gasteiger partial charge < -0.3 is 29.8 Å². The van der Waals surface area contributed by atoms with Crippen molar-refractivity contribution in [1.82, 2.24) is 10.2 Å². The minimum Gasteiger partial charge on any atom is -0.619 e. The van der Waals surface area contributed by atoms with Crippen molar-refractivity contribution in [3.8, 4) is 11.5 Å². The van der Waals surface area contributed by atoms with Crippen molar-refractivity contribution in [1.29, 1.82) is 0 Å². The lowest BCUT2D eigenvalue weighted by Gasteiger charge is -2.44. The third-order valence-electron chi connectivity index (χ3n) is 9.63. The molecule has 0 radical (unpaired) electrons. The second-order valence-corrected chi connectivity index (χ2v) is 14.6. The van der Waals surface area contributed by atoms with Gasteiger partial charge in [0.05, 0.1) is 20.6 Å². The minimum atomic E-state index is -1.08. The summed E-state index contributed by atoms with van der Waals surface area (Å²) in [6.07, 6.45) is 4.80. The normalized spacial score (nSPS) is 19.5. The van der Waals surface area contributed by atoms with E-state index in [0.717, 1.165) is 59.8 Å². The van der Waals surface area contributed by atoms with E-state index in [9.17, 15) is 19.9 Å². The summed E-state index contributed by atoms with van der Waals surface area (Å²) >= 11 is 14.2. The van der Waals surface area contributed by atoms with Crippen molar-refractivity contribution < 1.29 is 33.6 Å². The number of carbonyl (C=O) groups excluding carboxylic acids is 1. The molecular weight excluding hydrogens is 701 g/mol. The molecule has 13 heteroatoms. The zero-order chi connectivity index (χ0) is 35.4. The Morgan fingerprint density at radius 3 is 2.34 bits per heavy atom. The van der Waals surface area contributed by atoms with Crippen LogP contribution >= 0.6 is 34.5 Å². The summed E-state index contributed by atoms with van der Waals surface area (Å²) in [5.74, 6) is -0.470. The highest BCUT2D eigenvalue weighted by Gasteiger charge is 2.37. The Hall–Kier alpha value is -3.87. The number of piperidine rings is 3. The number of thiophene rings is 1. The summed E-state index contributed by atoms with van der Waals surface area (Å²) in [4.78, 5) is 29.3. The Labute approximate surface area is 305 Å². The van der Waals surface area contributed by atoms with Gasteiger partial charge >= 0.3 is 11.9 Å². The lowest BCUT2D eigenvalue weighted by Crippen LogP contribution is -2.52. The average Bonchev–Trinajstić information content (AvgIpc) is 3.54. The Bertz CT molecular complexity index is 1810. The number of nitrogens with zero attached hydrogens (tertiary/aromatic N) is 2. The number of fused-ring (bicyclic) bond motifs is 3. The van der Waals surface area contributed by atoms with E-state index in [2.05, 4.69) is 10.2 Å². The molecule has 2 aromatic carbocycles. The molecule has 0 saturated carbocycles. The van der Waals surface area contributed by atoms with E-state index in [1.165, 1.54) is 26.6 Å². The molecule has 264 valence electrons. The zero-order valence-electron chi connectivity index (χ0n) is 27.8. The minimum absolute atomic E-state index is 0.0849. The predicted molar refractivity (Wildman–Crippen MR) is 191 cm³/mol. The van der Waals surface area contributed by atoms with Crippen LogP contribution in [-0.2, 0) is 22.5 Å². The molecule has 2 N–H and O–H groups in total. The number of aromatic carboxylic acids is 1. The summed E-state index contributed by atoms with van der Waals surface area (Å²) < 4.78 is 17.6. The van der Waals surface area contributed by atoms with Crippen LogP contribution in [0.4, 0.5) is 0 Å². The first-order valence-corrected chi connectivity index (χ1v) is 18.0. The van der Waals surface area contributed by atoms with Crippen LogP contribution in [0, 0.1) is 11.1 Å². The number of carboxylic acid groups (broad SMARTS) is 1. The Balaban J connectivity index is 1.29. The molecule has 0 aliphatic carbocycles. The van der Waals surface area contributed by atoms with Crippen LogP contribution < -0.4 is 19.5 Å². The summed E-state index contributed by atoms with van der Waals surface area (Å²) in [7, 11) is 3.07. The number of rotatable bonds is 14. The molecule has 5 heterocycles. The van der Waals surface area contributed by atoms with E-state index in [1.807, 2.05) is 42.5 Å². The summed E-state index contributed by atoms with van der Waals surface area (Å²) in [5, 5.41) is 26.3. The Morgan fingerprint density at radius 2 is 1.72 bits per heavy atom. The highest BCUT2D eigenvalue weighted by atomic mass is 35.5. The number of methoxy groups -OCH3 is 2. The van der Waals surface area contributed by atoms with Crippen molar-refractivity contribution in [2.24, 2.45) is 5.92 Å². The first-order valence-electron chi connectivity index (χ1n) is 16.5. The van der Waals surface area contributed by atoms with Gasteiger partial charge in [-0.2, -0.15) is 4.73 Å². The number of hydrogen-bond donors (Lipinski definition) is 2. The van der Waals surface area contributed by atoms with Gasteiger partial charge in [-0.3, -0.25) is 9.69 Å². The fourth-order valence-electron chi connectivity index (χ4n) is 7.02. The maximum Gasteiger partial charge on any atom is 0.346 e. The molecule has 10 nitrogen and oxygen atoms in total. The fourth-order valence-corrected chi connectivity index (χ4v) is 8.63. The van der Waals surface area contributed by atoms with Gasteiger partial charge in [-0.1, -0.05) is 59.6 Å². The van der Waals surface area contributed by atoms with Crippen molar-refractivity contribution in [2.45, 2.75) is 50.3 Å². The predicted octanol–water partition coefficient (Wildman–Crippen LogP) is 6.64. The molecule has 3 aliphatic heterocycles. The molecule has 1 unspecified atom stereocenters. The van der Waals surface area contributed by atoms with Gasteiger partial charge in [0.1, 0.15) is 21.0 Å². The maximum absolute atomic E-state index is 13.3. The van der Waals surface area contributed by atoms with E-state index in [0.29, 0.717) is 39.8 Å². The van der Waals surface area contributed by atoms with Gasteiger partial charge in [0.2, 0.25) is 0 Å². The lowest BCUT2D eigenvalue weighted by atomic mass is 9.85. The van der Waals surface area contributed by atoms with Crippen molar-refractivity contribution in [3.63, 3.8) is 0 Å². The van der Waals surface area contributed by atoms with E-state index < -0.39 is 11.9 Å². The first kappa shape index (κ1) is 35.9. The quantitative estimate of drug-likeness (QED) is 0.0833. The number of nitrogens with one attached hydrogen (secondary N) is 1. The molecular formula is C37H39Cl2N3O7S. The van der Waals surface area contributed by atoms with Gasteiger partial charge in [-0.25, -0.2) is 4.79 Å². The number of aromatic nitrogens is 1. The van der Waals surface area contributed by atoms with Crippen LogP contribution in [0.3, 0.4) is 0 Å². The Kier molecular flexibility index (Phi) is 11.5. The number of carbonyl (C=O) groups is 2. The molecule has 3 atom stereocenters. The molecule has 0 amide bonds. The molecule has 7 rings (SSSR count). The molecule has 50 heavy (non-hydrogen) atoms. The second-order valence-electron chi connectivity index (χ2n) is 12.7. The average molecular weight is 741 g/mol. The van der Waals surface area contributed by atoms with E-state index in [-0.39, 0.29) is 45.9 Å². The number of halogens is 2. The topological polar surface area (TPSA) is 124 Å². The molecule has 3 saturated heterocycles. The van der Waals surface area contributed by atoms with Gasteiger partial charge in [-0.05, 0) is 73.2 Å². The van der Waals surface area contributed by atoms with Gasteiger partial charge in [0.25, 0.3) is 0 Å². The number of benzene rings is 2. The van der Waals surface area contributed by atoms with Crippen LogP contribution in [0.15, 0.2) is 67.0 Å². The standard InChI is InChI=1S/C37H39Cl2N3O7S/c1-47-32-9-8-24(14-33(32)48-2)26(16-28-29(38)19-42(46)20-30(28)39)27-15-25(50-36(27)37(44)45)18-40-31(22-6-4-3-5-7-22)17-35(43)49-34-21-41-12-10-23(34)11-13-41/h3-9,14-15,19-20,23,26,31,34,40H,10-13,16-18,21H2,1-2H3,(H,44,45)/t26-,31?,34-/m0/s1. The smallest absolute Gasteiger partial charge is 0.346 e. The van der Waals surface area contributed by atoms with Crippen LogP contribution in [-0.4, -0.2) is 61.9 Å². The third-order valence-corrected chi connectivity index (χ3v) is 11.4. The van der Waals surface area contributed by atoms with E-state index >= 15 is 0 Å². The summed E-state index contributed by atoms with van der Waals surface area (Å²) in [6.45, 7) is 3.21. The number of hydrogen-bond acceptors (Lipinski definition) is 9. The van der Waals surface area contributed by atoms with Crippen LogP contribution in [0.2, 0.25) is 10.0 Å². The van der Waals surface area contributed by atoms with Crippen LogP contribution in [0.1, 0.15) is 68.0 Å². The Morgan fingerprint density at radius 1 is 1.02 bits per heavy atom.